The van der Waals surface area contributed by atoms with E-state index in [0.717, 1.165) is 11.1 Å². The molecule has 0 saturated carbocycles. The molecule has 108 valence electrons. The number of hydrogen-bond acceptors (Lipinski definition) is 4. The summed E-state index contributed by atoms with van der Waals surface area (Å²) in [4.78, 5) is 13.7. The maximum atomic E-state index is 12.3. The Labute approximate surface area is 123 Å². The van der Waals surface area contributed by atoms with Gasteiger partial charge in [-0.15, -0.1) is 0 Å². The molecule has 0 fully saturated rings. The van der Waals surface area contributed by atoms with E-state index in [4.69, 9.17) is 0 Å². The van der Waals surface area contributed by atoms with Gasteiger partial charge >= 0.3 is 0 Å². The topological polar surface area (TPSA) is 75.6 Å². The van der Waals surface area contributed by atoms with Crippen LogP contribution < -0.4 is 4.72 Å². The van der Waals surface area contributed by atoms with E-state index in [1.54, 1.807) is 6.07 Å². The van der Waals surface area contributed by atoms with Gasteiger partial charge in [0, 0.05) is 0 Å². The predicted molar refractivity (Wildman–Crippen MR) is 80.9 cm³/mol. The molecule has 6 heteroatoms. The van der Waals surface area contributed by atoms with Crippen LogP contribution in [0.3, 0.4) is 0 Å². The summed E-state index contributed by atoms with van der Waals surface area (Å²) in [7, 11) is -3.67. The summed E-state index contributed by atoms with van der Waals surface area (Å²) in [5.74, 6) is 0. The van der Waals surface area contributed by atoms with Gasteiger partial charge in [-0.1, -0.05) is 12.1 Å². The molecule has 0 radical (unpaired) electrons. The Balaban J connectivity index is 2.33. The molecular weight excluding hydrogens is 288 g/mol. The minimum atomic E-state index is -3.67. The van der Waals surface area contributed by atoms with Crippen molar-refractivity contribution in [2.24, 2.45) is 4.99 Å². The van der Waals surface area contributed by atoms with Crippen LogP contribution in [-0.4, -0.2) is 14.5 Å². The van der Waals surface area contributed by atoms with Crippen LogP contribution in [0.5, 0.6) is 0 Å². The Kier molecular flexibility index (Phi) is 4.21. The highest BCUT2D eigenvalue weighted by Gasteiger charge is 2.15. The molecule has 1 N–H and O–H groups in total. The van der Waals surface area contributed by atoms with Crippen molar-refractivity contribution in [2.45, 2.75) is 18.7 Å². The molecule has 0 bridgehead atoms. The highest BCUT2D eigenvalue weighted by Crippen LogP contribution is 2.22. The summed E-state index contributed by atoms with van der Waals surface area (Å²) in [6.45, 7) is 3.72. The number of hydrogen-bond donors (Lipinski definition) is 1. The fraction of sp³-hybridized carbons (Fsp3) is 0.133. The van der Waals surface area contributed by atoms with Crippen LogP contribution in [0.15, 0.2) is 52.4 Å². The number of rotatable bonds is 4. The summed E-state index contributed by atoms with van der Waals surface area (Å²) in [5.41, 5.74) is 2.71. The average molecular weight is 302 g/mol. The van der Waals surface area contributed by atoms with E-state index < -0.39 is 10.0 Å². The highest BCUT2D eigenvalue weighted by molar-refractivity contribution is 7.92. The molecule has 0 spiro atoms. The van der Waals surface area contributed by atoms with Crippen LogP contribution in [0.1, 0.15) is 11.1 Å². The maximum absolute atomic E-state index is 12.3. The fourth-order valence-electron chi connectivity index (χ4n) is 1.80. The summed E-state index contributed by atoms with van der Waals surface area (Å²) >= 11 is 0. The lowest BCUT2D eigenvalue weighted by Gasteiger charge is -2.11. The van der Waals surface area contributed by atoms with Crippen molar-refractivity contribution in [3.05, 3.63) is 53.6 Å². The Morgan fingerprint density at radius 1 is 1.05 bits per heavy atom. The molecule has 0 aliphatic heterocycles. The normalized spacial score (nSPS) is 10.8. The zero-order valence-corrected chi connectivity index (χ0v) is 12.4. The first-order valence-corrected chi connectivity index (χ1v) is 7.69. The van der Waals surface area contributed by atoms with E-state index >= 15 is 0 Å². The molecule has 2 aromatic carbocycles. The van der Waals surface area contributed by atoms with Gasteiger partial charge in [0.05, 0.1) is 16.3 Å². The molecule has 0 aromatic heterocycles. The maximum Gasteiger partial charge on any atom is 0.261 e. The van der Waals surface area contributed by atoms with Crippen molar-refractivity contribution >= 4 is 27.5 Å². The van der Waals surface area contributed by atoms with E-state index in [9.17, 15) is 13.2 Å². The van der Waals surface area contributed by atoms with Gasteiger partial charge in [0.1, 0.15) is 0 Å². The van der Waals surface area contributed by atoms with Gasteiger partial charge in [-0.3, -0.25) is 4.72 Å². The second-order valence-corrected chi connectivity index (χ2v) is 6.30. The first-order chi connectivity index (χ1) is 9.92. The molecule has 2 aromatic rings. The second kappa shape index (κ2) is 5.91. The first kappa shape index (κ1) is 15.0. The van der Waals surface area contributed by atoms with Crippen LogP contribution >= 0.6 is 0 Å². The summed E-state index contributed by atoms with van der Waals surface area (Å²) in [6, 6.07) is 11.2. The molecular formula is C15H14N2O3S. The van der Waals surface area contributed by atoms with E-state index in [1.165, 1.54) is 30.3 Å². The largest absolute Gasteiger partial charge is 0.279 e. The number of carbonyl (C=O) groups excluding carboxylic acids is 1. The van der Waals surface area contributed by atoms with Gasteiger partial charge in [-0.25, -0.2) is 13.2 Å². The predicted octanol–water partition coefficient (Wildman–Crippen LogP) is 3.07. The number of nitrogens with zero attached hydrogens (tertiary/aromatic N) is 1. The van der Waals surface area contributed by atoms with E-state index in [0.29, 0.717) is 11.4 Å². The molecule has 5 nitrogen and oxygen atoms in total. The van der Waals surface area contributed by atoms with Crippen molar-refractivity contribution in [2.75, 3.05) is 4.72 Å². The number of anilines is 1. The van der Waals surface area contributed by atoms with Crippen LogP contribution in [0.4, 0.5) is 11.4 Å². The van der Waals surface area contributed by atoms with Gasteiger partial charge < -0.3 is 0 Å². The van der Waals surface area contributed by atoms with Gasteiger partial charge in [-0.2, -0.15) is 4.99 Å². The SMILES string of the molecule is Cc1ccc(C)c(NS(=O)(=O)c2ccc(N=C=O)cc2)c1. The summed E-state index contributed by atoms with van der Waals surface area (Å²) < 4.78 is 27.2. The van der Waals surface area contributed by atoms with Gasteiger partial charge in [0.2, 0.25) is 6.08 Å². The van der Waals surface area contributed by atoms with Gasteiger partial charge in [-0.05, 0) is 55.3 Å². The average Bonchev–Trinajstić information content (AvgIpc) is 2.44. The Bertz CT molecular complexity index is 805. The molecule has 2 rings (SSSR count). The van der Waals surface area contributed by atoms with Crippen molar-refractivity contribution in [3.63, 3.8) is 0 Å². The highest BCUT2D eigenvalue weighted by atomic mass is 32.2. The lowest BCUT2D eigenvalue weighted by molar-refractivity contribution is 0.565. The van der Waals surface area contributed by atoms with Crippen molar-refractivity contribution in [1.82, 2.24) is 0 Å². The molecule has 0 aliphatic carbocycles. The molecule has 0 heterocycles. The Hall–Kier alpha value is -2.43. The van der Waals surface area contributed by atoms with Crippen LogP contribution in [-0.2, 0) is 14.8 Å². The van der Waals surface area contributed by atoms with E-state index in [-0.39, 0.29) is 4.90 Å². The van der Waals surface area contributed by atoms with Gasteiger partial charge in [0.25, 0.3) is 10.0 Å². The lowest BCUT2D eigenvalue weighted by Crippen LogP contribution is -2.13. The number of aliphatic imine (C=N–C) groups is 1. The molecule has 0 aliphatic rings. The number of isocyanates is 1. The molecule has 0 unspecified atom stereocenters. The smallest absolute Gasteiger partial charge is 0.261 e. The Morgan fingerprint density at radius 3 is 2.33 bits per heavy atom. The molecule has 21 heavy (non-hydrogen) atoms. The van der Waals surface area contributed by atoms with Crippen LogP contribution in [0, 0.1) is 13.8 Å². The van der Waals surface area contributed by atoms with Crippen LogP contribution in [0.25, 0.3) is 0 Å². The summed E-state index contributed by atoms with van der Waals surface area (Å²) in [5, 5.41) is 0. The summed E-state index contributed by atoms with van der Waals surface area (Å²) in [6.07, 6.45) is 1.41. The van der Waals surface area contributed by atoms with Crippen molar-refractivity contribution in [3.8, 4) is 0 Å². The molecule has 0 amide bonds. The van der Waals surface area contributed by atoms with Crippen molar-refractivity contribution < 1.29 is 13.2 Å². The lowest BCUT2D eigenvalue weighted by atomic mass is 10.1. The third-order valence-corrected chi connectivity index (χ3v) is 4.34. The molecule has 0 saturated heterocycles. The number of nitrogens with one attached hydrogen (secondary N) is 1. The second-order valence-electron chi connectivity index (χ2n) is 4.62. The standard InChI is InChI=1S/C15H14N2O3S/c1-11-3-4-12(2)15(9-11)17-21(19,20)14-7-5-13(6-8-14)16-10-18/h3-9,17H,1-2H3. The zero-order chi connectivity index (χ0) is 15.5. The monoisotopic (exact) mass is 302 g/mol. The van der Waals surface area contributed by atoms with E-state index in [1.807, 2.05) is 26.0 Å². The van der Waals surface area contributed by atoms with Crippen LogP contribution in [0.2, 0.25) is 0 Å². The first-order valence-electron chi connectivity index (χ1n) is 6.20. The van der Waals surface area contributed by atoms with Gasteiger partial charge in [0.15, 0.2) is 0 Å². The minimum Gasteiger partial charge on any atom is -0.279 e. The third-order valence-electron chi connectivity index (χ3n) is 2.96. The number of sulfonamides is 1. The fourth-order valence-corrected chi connectivity index (χ4v) is 2.92. The zero-order valence-electron chi connectivity index (χ0n) is 11.6. The van der Waals surface area contributed by atoms with E-state index in [2.05, 4.69) is 9.71 Å². The minimum absolute atomic E-state index is 0.105. The third kappa shape index (κ3) is 3.56. The Morgan fingerprint density at radius 2 is 1.71 bits per heavy atom. The van der Waals surface area contributed by atoms with Crippen molar-refractivity contribution in [1.29, 1.82) is 0 Å². The number of benzene rings is 2. The number of aryl methyl sites for hydroxylation is 2. The molecule has 0 atom stereocenters. The quantitative estimate of drug-likeness (QED) is 0.696.